The van der Waals surface area contributed by atoms with E-state index in [4.69, 9.17) is 4.74 Å². The molecular weight excluding hydrogens is 376 g/mol. The van der Waals surface area contributed by atoms with Gasteiger partial charge < -0.3 is 15.0 Å². The largest absolute Gasteiger partial charge is 0.415 e. The Morgan fingerprint density at radius 1 is 1.03 bits per heavy atom. The van der Waals surface area contributed by atoms with Crippen molar-refractivity contribution in [1.29, 1.82) is 0 Å². The van der Waals surface area contributed by atoms with Crippen LogP contribution in [-0.4, -0.2) is 36.0 Å². The molecular formula is C25H32N2O3. The van der Waals surface area contributed by atoms with E-state index in [0.29, 0.717) is 18.1 Å². The Kier molecular flexibility index (Phi) is 7.14. The van der Waals surface area contributed by atoms with E-state index in [2.05, 4.69) is 43.4 Å². The molecule has 0 spiro atoms. The Bertz CT molecular complexity index is 859. The lowest BCUT2D eigenvalue weighted by atomic mass is 9.99. The molecule has 1 saturated carbocycles. The van der Waals surface area contributed by atoms with E-state index in [0.717, 1.165) is 30.4 Å². The summed E-state index contributed by atoms with van der Waals surface area (Å²) in [7, 11) is 1.77. The number of ether oxygens (including phenoxy) is 1. The van der Waals surface area contributed by atoms with Crippen molar-refractivity contribution in [3.63, 3.8) is 0 Å². The van der Waals surface area contributed by atoms with Gasteiger partial charge in [-0.1, -0.05) is 57.2 Å². The highest BCUT2D eigenvalue weighted by Crippen LogP contribution is 2.27. The Balaban J connectivity index is 1.56. The van der Waals surface area contributed by atoms with Crippen molar-refractivity contribution in [3.05, 3.63) is 54.1 Å². The van der Waals surface area contributed by atoms with Crippen LogP contribution < -0.4 is 10.1 Å². The summed E-state index contributed by atoms with van der Waals surface area (Å²) < 4.78 is 5.57. The predicted octanol–water partition coefficient (Wildman–Crippen LogP) is 5.35. The quantitative estimate of drug-likeness (QED) is 0.700. The minimum absolute atomic E-state index is 0.0600. The smallest absolute Gasteiger partial charge is 0.410 e. The highest BCUT2D eigenvalue weighted by molar-refractivity contribution is 5.76. The molecule has 1 N–H and O–H groups in total. The van der Waals surface area contributed by atoms with E-state index in [1.165, 1.54) is 5.56 Å². The second-order valence-corrected chi connectivity index (χ2v) is 8.36. The summed E-state index contributed by atoms with van der Waals surface area (Å²) in [4.78, 5) is 25.8. The third-order valence-electron chi connectivity index (χ3n) is 5.90. The molecule has 0 saturated heterocycles. The van der Waals surface area contributed by atoms with Gasteiger partial charge in [0.2, 0.25) is 5.91 Å². The third kappa shape index (κ3) is 5.41. The second kappa shape index (κ2) is 9.79. The van der Waals surface area contributed by atoms with Crippen molar-refractivity contribution >= 4 is 12.0 Å². The van der Waals surface area contributed by atoms with Crippen molar-refractivity contribution in [3.8, 4) is 16.9 Å². The van der Waals surface area contributed by atoms with Crippen LogP contribution in [0.3, 0.4) is 0 Å². The Morgan fingerprint density at radius 2 is 1.63 bits per heavy atom. The first-order valence-corrected chi connectivity index (χ1v) is 10.8. The molecule has 2 aromatic rings. The standard InChI is InChI=1S/C25H32N2O3/c1-5-24(28)26-21-12-13-22(16-21)27(4)25(29)30-23-14-10-20(11-15-23)19-8-6-18(7-9-19)17(2)3/h6-11,14-15,17,21-22H,5,12-13,16H2,1-4H3,(H,26,28)/t21-,22+/m0/s1. The van der Waals surface area contributed by atoms with Crippen molar-refractivity contribution in [2.24, 2.45) is 0 Å². The van der Waals surface area contributed by atoms with Gasteiger partial charge in [0, 0.05) is 25.6 Å². The number of carbonyl (C=O) groups excluding carboxylic acids is 2. The lowest BCUT2D eigenvalue weighted by Gasteiger charge is -2.24. The maximum atomic E-state index is 12.6. The molecule has 2 aromatic carbocycles. The van der Waals surface area contributed by atoms with Gasteiger partial charge in [-0.25, -0.2) is 4.79 Å². The number of nitrogens with one attached hydrogen (secondary N) is 1. The fraction of sp³-hybridized carbons (Fsp3) is 0.440. The predicted molar refractivity (Wildman–Crippen MR) is 120 cm³/mol. The summed E-state index contributed by atoms with van der Waals surface area (Å²) in [6.45, 7) is 6.21. The zero-order valence-electron chi connectivity index (χ0n) is 18.4. The Morgan fingerprint density at radius 3 is 2.20 bits per heavy atom. The molecule has 0 heterocycles. The van der Waals surface area contributed by atoms with Crippen LogP contribution in [0.2, 0.25) is 0 Å². The number of hydrogen-bond acceptors (Lipinski definition) is 3. The van der Waals surface area contributed by atoms with Gasteiger partial charge in [-0.05, 0) is 54.0 Å². The number of benzene rings is 2. The van der Waals surface area contributed by atoms with Crippen molar-refractivity contribution in [2.75, 3.05) is 7.05 Å². The molecule has 1 aliphatic carbocycles. The normalized spacial score (nSPS) is 18.3. The molecule has 160 valence electrons. The van der Waals surface area contributed by atoms with Crippen LogP contribution >= 0.6 is 0 Å². The first-order chi connectivity index (χ1) is 14.4. The lowest BCUT2D eigenvalue weighted by molar-refractivity contribution is -0.121. The van der Waals surface area contributed by atoms with Gasteiger partial charge in [0.25, 0.3) is 0 Å². The van der Waals surface area contributed by atoms with Gasteiger partial charge in [0.15, 0.2) is 0 Å². The molecule has 5 nitrogen and oxygen atoms in total. The van der Waals surface area contributed by atoms with Crippen molar-refractivity contribution in [2.45, 2.75) is 64.5 Å². The van der Waals surface area contributed by atoms with E-state index in [1.54, 1.807) is 11.9 Å². The van der Waals surface area contributed by atoms with Gasteiger partial charge in [0.05, 0.1) is 0 Å². The molecule has 5 heteroatoms. The van der Waals surface area contributed by atoms with Gasteiger partial charge in [-0.15, -0.1) is 0 Å². The Hall–Kier alpha value is -2.82. The number of hydrogen-bond donors (Lipinski definition) is 1. The molecule has 0 aromatic heterocycles. The summed E-state index contributed by atoms with van der Waals surface area (Å²) in [5, 5.41) is 3.02. The summed E-state index contributed by atoms with van der Waals surface area (Å²) in [5.74, 6) is 1.10. The van der Waals surface area contributed by atoms with Crippen molar-refractivity contribution in [1.82, 2.24) is 10.2 Å². The molecule has 30 heavy (non-hydrogen) atoms. The molecule has 3 rings (SSSR count). The number of amides is 2. The first kappa shape index (κ1) is 21.9. The molecule has 0 aliphatic heterocycles. The van der Waals surface area contributed by atoms with E-state index in [9.17, 15) is 9.59 Å². The minimum atomic E-state index is -0.364. The summed E-state index contributed by atoms with van der Waals surface area (Å²) in [5.41, 5.74) is 3.54. The topological polar surface area (TPSA) is 58.6 Å². The molecule has 1 aliphatic rings. The van der Waals surface area contributed by atoms with E-state index in [1.807, 2.05) is 31.2 Å². The molecule has 2 atom stereocenters. The van der Waals surface area contributed by atoms with Crippen molar-refractivity contribution < 1.29 is 14.3 Å². The van der Waals surface area contributed by atoms with Crippen LogP contribution in [0.4, 0.5) is 4.79 Å². The van der Waals surface area contributed by atoms with Crippen LogP contribution in [0.5, 0.6) is 5.75 Å². The van der Waals surface area contributed by atoms with Gasteiger partial charge >= 0.3 is 6.09 Å². The van der Waals surface area contributed by atoms with Crippen LogP contribution in [0.25, 0.3) is 11.1 Å². The number of nitrogens with zero attached hydrogens (tertiary/aromatic N) is 1. The third-order valence-corrected chi connectivity index (χ3v) is 5.90. The zero-order chi connectivity index (χ0) is 21.7. The van der Waals surface area contributed by atoms with E-state index in [-0.39, 0.29) is 24.1 Å². The summed E-state index contributed by atoms with van der Waals surface area (Å²) in [6, 6.07) is 16.4. The van der Waals surface area contributed by atoms with Gasteiger partial charge in [0.1, 0.15) is 5.75 Å². The van der Waals surface area contributed by atoms with Crippen LogP contribution in [0.1, 0.15) is 57.9 Å². The van der Waals surface area contributed by atoms with Crippen LogP contribution in [0.15, 0.2) is 48.5 Å². The fourth-order valence-corrected chi connectivity index (χ4v) is 3.87. The summed E-state index contributed by atoms with van der Waals surface area (Å²) in [6.07, 6.45) is 2.64. The van der Waals surface area contributed by atoms with Gasteiger partial charge in [-0.2, -0.15) is 0 Å². The lowest BCUT2D eigenvalue weighted by Crippen LogP contribution is -2.39. The summed E-state index contributed by atoms with van der Waals surface area (Å²) >= 11 is 0. The molecule has 0 unspecified atom stereocenters. The van der Waals surface area contributed by atoms with E-state index < -0.39 is 0 Å². The number of carbonyl (C=O) groups is 2. The molecule has 1 fully saturated rings. The zero-order valence-corrected chi connectivity index (χ0v) is 18.4. The maximum absolute atomic E-state index is 12.6. The highest BCUT2D eigenvalue weighted by atomic mass is 16.6. The first-order valence-electron chi connectivity index (χ1n) is 10.8. The monoisotopic (exact) mass is 408 g/mol. The molecule has 0 radical (unpaired) electrons. The average molecular weight is 409 g/mol. The Labute approximate surface area is 179 Å². The fourth-order valence-electron chi connectivity index (χ4n) is 3.87. The second-order valence-electron chi connectivity index (χ2n) is 8.36. The molecule has 0 bridgehead atoms. The molecule has 2 amide bonds. The minimum Gasteiger partial charge on any atom is -0.410 e. The SMILES string of the molecule is CCC(=O)N[C@H]1CC[C@@H](N(C)C(=O)Oc2ccc(-c3ccc(C(C)C)cc3)cc2)C1. The van der Waals surface area contributed by atoms with E-state index >= 15 is 0 Å². The van der Waals surface area contributed by atoms with Gasteiger partial charge in [-0.3, -0.25) is 4.79 Å². The maximum Gasteiger partial charge on any atom is 0.415 e. The van der Waals surface area contributed by atoms with Crippen LogP contribution in [0, 0.1) is 0 Å². The average Bonchev–Trinajstić information content (AvgIpc) is 3.22. The highest BCUT2D eigenvalue weighted by Gasteiger charge is 2.31. The number of rotatable bonds is 6. The van der Waals surface area contributed by atoms with Crippen LogP contribution in [-0.2, 0) is 4.79 Å².